The van der Waals surface area contributed by atoms with E-state index in [4.69, 9.17) is 11.5 Å². The molecular weight excluding hydrogens is 172 g/mol. The van der Waals surface area contributed by atoms with Gasteiger partial charge in [-0.15, -0.1) is 0 Å². The first-order valence-electron chi connectivity index (χ1n) is 4.07. The lowest BCUT2D eigenvalue weighted by Crippen LogP contribution is -2.15. The van der Waals surface area contributed by atoms with Gasteiger partial charge in [0, 0.05) is 0 Å². The first-order valence-corrected chi connectivity index (χ1v) is 4.07. The van der Waals surface area contributed by atoms with Crippen LogP contribution in [0.15, 0.2) is 4.52 Å². The maximum atomic E-state index is 10.6. The van der Waals surface area contributed by atoms with Crippen LogP contribution in [-0.4, -0.2) is 16.0 Å². The van der Waals surface area contributed by atoms with Crippen molar-refractivity contribution in [3.8, 4) is 0 Å². The molecule has 6 heteroatoms. The van der Waals surface area contributed by atoms with E-state index in [-0.39, 0.29) is 11.9 Å². The predicted molar refractivity (Wildman–Crippen MR) is 42.5 cm³/mol. The first kappa shape index (κ1) is 8.18. The molecule has 1 aromatic heterocycles. The van der Waals surface area contributed by atoms with E-state index in [1.807, 2.05) is 0 Å². The molecule has 1 saturated carbocycles. The highest BCUT2D eigenvalue weighted by Crippen LogP contribution is 2.38. The number of aromatic nitrogens is 2. The average Bonchev–Trinajstić information content (AvgIpc) is 2.81. The fraction of sp³-hybridized carbons (Fsp3) is 0.571. The van der Waals surface area contributed by atoms with Gasteiger partial charge in [0.05, 0.1) is 6.04 Å². The third kappa shape index (κ3) is 1.52. The Morgan fingerprint density at radius 1 is 1.62 bits per heavy atom. The third-order valence-corrected chi connectivity index (χ3v) is 2.08. The molecule has 1 aliphatic rings. The topological polar surface area (TPSA) is 108 Å². The van der Waals surface area contributed by atoms with Gasteiger partial charge in [0.25, 0.3) is 0 Å². The number of amides is 1. The van der Waals surface area contributed by atoms with Crippen LogP contribution in [0.1, 0.15) is 35.4 Å². The van der Waals surface area contributed by atoms with Crippen LogP contribution in [0, 0.1) is 5.92 Å². The highest BCUT2D eigenvalue weighted by Gasteiger charge is 2.32. The second-order valence-electron chi connectivity index (χ2n) is 3.19. The molecule has 1 fully saturated rings. The van der Waals surface area contributed by atoms with Gasteiger partial charge in [-0.1, -0.05) is 5.16 Å². The summed E-state index contributed by atoms with van der Waals surface area (Å²) < 4.78 is 4.61. The smallest absolute Gasteiger partial charge is 0.315 e. The lowest BCUT2D eigenvalue weighted by Gasteiger charge is -2.01. The van der Waals surface area contributed by atoms with Gasteiger partial charge in [-0.3, -0.25) is 4.79 Å². The van der Waals surface area contributed by atoms with Crippen LogP contribution in [-0.2, 0) is 0 Å². The van der Waals surface area contributed by atoms with E-state index in [0.717, 1.165) is 12.8 Å². The SMILES string of the molecule is NC(=O)c1nc(C(N)C2CC2)no1. The van der Waals surface area contributed by atoms with Gasteiger partial charge in [0.1, 0.15) is 0 Å². The maximum Gasteiger partial charge on any atom is 0.315 e. The standard InChI is InChI=1S/C7H10N4O2/c8-4(3-1-2-3)6-10-7(5(9)12)13-11-6/h3-4H,1-2,8H2,(H2,9,12). The quantitative estimate of drug-likeness (QED) is 0.659. The zero-order valence-electron chi connectivity index (χ0n) is 6.93. The molecule has 1 aliphatic carbocycles. The number of rotatable bonds is 3. The highest BCUT2D eigenvalue weighted by atomic mass is 16.5. The van der Waals surface area contributed by atoms with E-state index in [1.165, 1.54) is 0 Å². The van der Waals surface area contributed by atoms with E-state index in [0.29, 0.717) is 11.7 Å². The molecule has 4 N–H and O–H groups in total. The van der Waals surface area contributed by atoms with Crippen LogP contribution >= 0.6 is 0 Å². The van der Waals surface area contributed by atoms with Crippen molar-refractivity contribution in [3.05, 3.63) is 11.7 Å². The molecule has 0 saturated heterocycles. The minimum absolute atomic E-state index is 0.175. The summed E-state index contributed by atoms with van der Waals surface area (Å²) in [5.74, 6) is -0.0949. The minimum atomic E-state index is -0.721. The Hall–Kier alpha value is -1.43. The molecule has 70 valence electrons. The van der Waals surface area contributed by atoms with Crippen molar-refractivity contribution in [2.75, 3.05) is 0 Å². The number of nitrogens with two attached hydrogens (primary N) is 2. The lowest BCUT2D eigenvalue weighted by molar-refractivity contribution is 0.0958. The van der Waals surface area contributed by atoms with Crippen LogP contribution < -0.4 is 11.5 Å². The van der Waals surface area contributed by atoms with Crippen LogP contribution in [0.2, 0.25) is 0 Å². The summed E-state index contributed by atoms with van der Waals surface area (Å²) >= 11 is 0. The Morgan fingerprint density at radius 3 is 2.77 bits per heavy atom. The Kier molecular flexibility index (Phi) is 1.77. The zero-order chi connectivity index (χ0) is 9.42. The van der Waals surface area contributed by atoms with Crippen molar-refractivity contribution >= 4 is 5.91 Å². The van der Waals surface area contributed by atoms with E-state index in [9.17, 15) is 4.79 Å². The monoisotopic (exact) mass is 182 g/mol. The minimum Gasteiger partial charge on any atom is -0.361 e. The number of primary amides is 1. The Morgan fingerprint density at radius 2 is 2.31 bits per heavy atom. The Balaban J connectivity index is 2.16. The Labute approximate surface area is 74.3 Å². The Bertz CT molecular complexity index is 331. The van der Waals surface area contributed by atoms with Gasteiger partial charge in [0.2, 0.25) is 0 Å². The summed E-state index contributed by atoms with van der Waals surface area (Å²) in [6, 6.07) is -0.225. The highest BCUT2D eigenvalue weighted by molar-refractivity contribution is 5.87. The average molecular weight is 182 g/mol. The van der Waals surface area contributed by atoms with Crippen molar-refractivity contribution in [1.82, 2.24) is 10.1 Å². The van der Waals surface area contributed by atoms with Crippen molar-refractivity contribution in [2.45, 2.75) is 18.9 Å². The van der Waals surface area contributed by atoms with E-state index in [1.54, 1.807) is 0 Å². The van der Waals surface area contributed by atoms with Crippen molar-refractivity contribution in [3.63, 3.8) is 0 Å². The molecule has 0 aliphatic heterocycles. The van der Waals surface area contributed by atoms with E-state index < -0.39 is 5.91 Å². The molecule has 2 rings (SSSR count). The van der Waals surface area contributed by atoms with Crippen LogP contribution in [0.3, 0.4) is 0 Å². The normalized spacial score (nSPS) is 18.5. The van der Waals surface area contributed by atoms with Gasteiger partial charge in [-0.05, 0) is 18.8 Å². The summed E-state index contributed by atoms with van der Waals surface area (Å²) in [4.78, 5) is 14.4. The molecule has 0 bridgehead atoms. The third-order valence-electron chi connectivity index (χ3n) is 2.08. The molecule has 0 aromatic carbocycles. The summed E-state index contributed by atoms with van der Waals surface area (Å²) in [5, 5.41) is 3.59. The summed E-state index contributed by atoms with van der Waals surface area (Å²) in [6.07, 6.45) is 2.17. The fourth-order valence-electron chi connectivity index (χ4n) is 1.14. The summed E-state index contributed by atoms with van der Waals surface area (Å²) in [5.41, 5.74) is 10.7. The van der Waals surface area contributed by atoms with Crippen LogP contribution in [0.5, 0.6) is 0 Å². The second-order valence-corrected chi connectivity index (χ2v) is 3.19. The first-order chi connectivity index (χ1) is 6.18. The van der Waals surface area contributed by atoms with Crippen LogP contribution in [0.4, 0.5) is 0 Å². The van der Waals surface area contributed by atoms with Crippen molar-refractivity contribution in [2.24, 2.45) is 17.4 Å². The zero-order valence-corrected chi connectivity index (χ0v) is 6.93. The molecule has 1 aromatic rings. The molecule has 1 atom stereocenters. The van der Waals surface area contributed by atoms with E-state index in [2.05, 4.69) is 14.7 Å². The van der Waals surface area contributed by atoms with Gasteiger partial charge in [-0.25, -0.2) is 0 Å². The molecule has 13 heavy (non-hydrogen) atoms. The van der Waals surface area contributed by atoms with Crippen LogP contribution in [0.25, 0.3) is 0 Å². The fourth-order valence-corrected chi connectivity index (χ4v) is 1.14. The number of nitrogens with zero attached hydrogens (tertiary/aromatic N) is 2. The number of hydrogen-bond acceptors (Lipinski definition) is 5. The van der Waals surface area contributed by atoms with Crippen molar-refractivity contribution in [1.29, 1.82) is 0 Å². The second kappa shape index (κ2) is 2.81. The number of hydrogen-bond donors (Lipinski definition) is 2. The lowest BCUT2D eigenvalue weighted by atomic mass is 10.2. The molecule has 1 heterocycles. The van der Waals surface area contributed by atoms with Gasteiger partial charge in [-0.2, -0.15) is 4.98 Å². The predicted octanol–water partition coefficient (Wildman–Crippen LogP) is -0.422. The largest absolute Gasteiger partial charge is 0.361 e. The van der Waals surface area contributed by atoms with Gasteiger partial charge in [0.15, 0.2) is 5.82 Å². The molecule has 1 amide bonds. The van der Waals surface area contributed by atoms with Crippen molar-refractivity contribution < 1.29 is 9.32 Å². The number of carbonyl (C=O) groups excluding carboxylic acids is 1. The van der Waals surface area contributed by atoms with E-state index >= 15 is 0 Å². The summed E-state index contributed by atoms with van der Waals surface area (Å²) in [7, 11) is 0. The molecule has 6 nitrogen and oxygen atoms in total. The molecule has 1 unspecified atom stereocenters. The summed E-state index contributed by atoms with van der Waals surface area (Å²) in [6.45, 7) is 0. The molecular formula is C7H10N4O2. The number of carbonyl (C=O) groups is 1. The maximum absolute atomic E-state index is 10.6. The van der Waals surface area contributed by atoms with Gasteiger partial charge >= 0.3 is 11.8 Å². The molecule has 0 radical (unpaired) electrons. The molecule has 0 spiro atoms. The van der Waals surface area contributed by atoms with Gasteiger partial charge < -0.3 is 16.0 Å².